The summed E-state index contributed by atoms with van der Waals surface area (Å²) in [5.74, 6) is -0.968. The number of hydroxylamine groups is 2. The monoisotopic (exact) mass is 148 g/mol. The van der Waals surface area contributed by atoms with Crippen LogP contribution < -0.4 is 5.23 Å². The van der Waals surface area contributed by atoms with Gasteiger partial charge in [0, 0.05) is 6.92 Å². The Morgan fingerprint density at radius 1 is 1.30 bits per heavy atom. The molecule has 58 valence electrons. The molecule has 0 spiro atoms. The van der Waals surface area contributed by atoms with E-state index in [0.717, 1.165) is 0 Å². The lowest BCUT2D eigenvalue weighted by atomic mass is 10.7. The summed E-state index contributed by atoms with van der Waals surface area (Å²) in [4.78, 5) is 29.5. The zero-order valence-corrected chi connectivity index (χ0v) is 6.13. The molecule has 0 fully saturated rings. The lowest BCUT2D eigenvalue weighted by molar-refractivity contribution is -1.17. The van der Waals surface area contributed by atoms with Crippen molar-refractivity contribution < 1.29 is 24.5 Å². The first-order chi connectivity index (χ1) is 4.57. The summed E-state index contributed by atoms with van der Waals surface area (Å²) in [6, 6.07) is 0. The van der Waals surface area contributed by atoms with Gasteiger partial charge in [0.2, 0.25) is 0 Å². The molecular weight excluding hydrogens is 138 g/mol. The number of amides is 1. The fraction of sp³-hybridized carbons (Fsp3) is 0.600. The predicted octanol–water partition coefficient (Wildman–Crippen LogP) is -1.54. The minimum Gasteiger partial charge on any atom is -0.246 e. The molecule has 1 unspecified atom stereocenters. The van der Waals surface area contributed by atoms with Crippen LogP contribution in [0.25, 0.3) is 0 Å². The Morgan fingerprint density at radius 3 is 1.90 bits per heavy atom. The molecule has 1 N–H and O–H groups in total. The summed E-state index contributed by atoms with van der Waals surface area (Å²) < 4.78 is 0. The quantitative estimate of drug-likeness (QED) is 0.458. The number of hydrogen-bond donors (Lipinski definition) is 1. The van der Waals surface area contributed by atoms with E-state index in [1.54, 1.807) is 0 Å². The van der Waals surface area contributed by atoms with Gasteiger partial charge in [0.05, 0.1) is 12.2 Å². The third-order valence-corrected chi connectivity index (χ3v) is 0.709. The largest absolute Gasteiger partial charge is 0.383 e. The third-order valence-electron chi connectivity index (χ3n) is 0.709. The van der Waals surface area contributed by atoms with Gasteiger partial charge in [0.25, 0.3) is 0 Å². The summed E-state index contributed by atoms with van der Waals surface area (Å²) in [5, 5.41) is -0.271. The molecular formula is C5H10NO4+. The molecule has 1 atom stereocenters. The summed E-state index contributed by atoms with van der Waals surface area (Å²) in [6.45, 7) is 2.45. The first kappa shape index (κ1) is 9.06. The normalized spacial score (nSPS) is 12.3. The molecule has 0 aromatic heterocycles. The molecule has 10 heavy (non-hydrogen) atoms. The van der Waals surface area contributed by atoms with Crippen LogP contribution in [0.2, 0.25) is 0 Å². The van der Waals surface area contributed by atoms with Crippen molar-refractivity contribution in [3.05, 3.63) is 0 Å². The summed E-state index contributed by atoms with van der Waals surface area (Å²) in [6.07, 6.45) is 0. The second kappa shape index (κ2) is 3.97. The van der Waals surface area contributed by atoms with Gasteiger partial charge in [-0.15, -0.1) is 0 Å². The highest BCUT2D eigenvalue weighted by Crippen LogP contribution is 1.62. The van der Waals surface area contributed by atoms with Crippen molar-refractivity contribution in [3.63, 3.8) is 0 Å². The molecule has 0 aliphatic heterocycles. The van der Waals surface area contributed by atoms with Crippen LogP contribution in [-0.4, -0.2) is 19.0 Å². The van der Waals surface area contributed by atoms with E-state index in [-0.39, 0.29) is 5.23 Å². The van der Waals surface area contributed by atoms with E-state index < -0.39 is 11.9 Å². The van der Waals surface area contributed by atoms with Crippen LogP contribution in [0, 0.1) is 0 Å². The molecule has 0 aliphatic carbocycles. The van der Waals surface area contributed by atoms with Crippen molar-refractivity contribution >= 4 is 11.9 Å². The maximum Gasteiger partial charge on any atom is 0.383 e. The van der Waals surface area contributed by atoms with E-state index >= 15 is 0 Å². The third kappa shape index (κ3) is 3.16. The lowest BCUT2D eigenvalue weighted by Gasteiger charge is -2.05. The van der Waals surface area contributed by atoms with E-state index in [9.17, 15) is 9.59 Å². The van der Waals surface area contributed by atoms with Crippen molar-refractivity contribution in [1.82, 2.24) is 0 Å². The lowest BCUT2D eigenvalue weighted by Crippen LogP contribution is -3.12. The van der Waals surface area contributed by atoms with Gasteiger partial charge in [0.1, 0.15) is 7.11 Å². The number of nitrogens with one attached hydrogen (secondary N) is 1. The van der Waals surface area contributed by atoms with Gasteiger partial charge in [-0.25, -0.2) is 14.4 Å². The van der Waals surface area contributed by atoms with E-state index in [0.29, 0.717) is 0 Å². The Morgan fingerprint density at radius 2 is 1.80 bits per heavy atom. The van der Waals surface area contributed by atoms with Crippen molar-refractivity contribution in [3.8, 4) is 0 Å². The second-order valence-corrected chi connectivity index (χ2v) is 1.64. The molecule has 5 nitrogen and oxygen atoms in total. The SMILES string of the molecule is CO[NH+](OC(C)=O)C(C)=O. The predicted molar refractivity (Wildman–Crippen MR) is 30.4 cm³/mol. The van der Waals surface area contributed by atoms with Crippen LogP contribution in [0.4, 0.5) is 0 Å². The Labute approximate surface area is 58.4 Å². The van der Waals surface area contributed by atoms with Crippen molar-refractivity contribution in [2.75, 3.05) is 7.11 Å². The average molecular weight is 148 g/mol. The topological polar surface area (TPSA) is 57.0 Å². The van der Waals surface area contributed by atoms with Crippen LogP contribution in [0.3, 0.4) is 0 Å². The van der Waals surface area contributed by atoms with E-state index in [1.165, 1.54) is 21.0 Å². The summed E-state index contributed by atoms with van der Waals surface area (Å²) >= 11 is 0. The van der Waals surface area contributed by atoms with E-state index in [4.69, 9.17) is 0 Å². The van der Waals surface area contributed by atoms with Gasteiger partial charge in [0.15, 0.2) is 0 Å². The number of rotatable bonds is 1. The first-order valence-electron chi connectivity index (χ1n) is 2.68. The Balaban J connectivity index is 3.83. The molecule has 0 heterocycles. The molecule has 0 bridgehead atoms. The Bertz CT molecular complexity index is 145. The van der Waals surface area contributed by atoms with Gasteiger partial charge >= 0.3 is 11.9 Å². The zero-order valence-electron chi connectivity index (χ0n) is 6.13. The van der Waals surface area contributed by atoms with Crippen LogP contribution in [-0.2, 0) is 19.3 Å². The fourth-order valence-corrected chi connectivity index (χ4v) is 0.388. The number of carbonyl (C=O) groups excluding carboxylic acids is 2. The Hall–Kier alpha value is -0.940. The van der Waals surface area contributed by atoms with Crippen LogP contribution in [0.5, 0.6) is 0 Å². The van der Waals surface area contributed by atoms with Crippen LogP contribution in [0.1, 0.15) is 13.8 Å². The van der Waals surface area contributed by atoms with Gasteiger partial charge in [-0.1, -0.05) is 0 Å². The molecule has 0 rings (SSSR count). The summed E-state index contributed by atoms with van der Waals surface area (Å²) in [7, 11) is 1.26. The van der Waals surface area contributed by atoms with Crippen molar-refractivity contribution in [2.45, 2.75) is 13.8 Å². The molecule has 0 aromatic rings. The zero-order chi connectivity index (χ0) is 8.15. The van der Waals surface area contributed by atoms with E-state index in [2.05, 4.69) is 9.68 Å². The summed E-state index contributed by atoms with van der Waals surface area (Å²) in [5.41, 5.74) is 0. The maximum atomic E-state index is 10.5. The smallest absolute Gasteiger partial charge is 0.246 e. The molecule has 0 saturated carbocycles. The Kier molecular flexibility index (Phi) is 3.60. The van der Waals surface area contributed by atoms with Crippen LogP contribution >= 0.6 is 0 Å². The van der Waals surface area contributed by atoms with Crippen LogP contribution in [0.15, 0.2) is 0 Å². The second-order valence-electron chi connectivity index (χ2n) is 1.64. The standard InChI is InChI=1S/C5H9NO4/c1-4(7)6(9-3)10-5(2)8/h1-3H3/p+1. The van der Waals surface area contributed by atoms with Gasteiger partial charge in [-0.3, -0.25) is 0 Å². The number of hydrogen-bond acceptors (Lipinski definition) is 4. The van der Waals surface area contributed by atoms with Gasteiger partial charge in [-0.05, 0) is 0 Å². The molecule has 0 aromatic carbocycles. The minimum atomic E-state index is -0.563. The average Bonchev–Trinajstić information content (AvgIpc) is 1.81. The minimum absolute atomic E-state index is 0.271. The van der Waals surface area contributed by atoms with Crippen molar-refractivity contribution in [1.29, 1.82) is 0 Å². The molecule has 1 amide bonds. The fourth-order valence-electron chi connectivity index (χ4n) is 0.388. The van der Waals surface area contributed by atoms with Crippen molar-refractivity contribution in [2.24, 2.45) is 0 Å². The van der Waals surface area contributed by atoms with Gasteiger partial charge in [-0.2, -0.15) is 4.84 Å². The molecule has 5 heteroatoms. The molecule has 0 saturated heterocycles. The molecule has 0 radical (unpaired) electrons. The maximum absolute atomic E-state index is 10.5. The highest BCUT2D eigenvalue weighted by molar-refractivity contribution is 5.67. The first-order valence-corrected chi connectivity index (χ1v) is 2.68. The van der Waals surface area contributed by atoms with Gasteiger partial charge < -0.3 is 0 Å². The highest BCUT2D eigenvalue weighted by atomic mass is 17.0. The number of carbonyl (C=O) groups is 2. The molecule has 0 aliphatic rings. The number of quaternary nitrogens is 1. The highest BCUT2D eigenvalue weighted by Gasteiger charge is 2.17. The van der Waals surface area contributed by atoms with E-state index in [1.807, 2.05) is 0 Å².